The minimum absolute atomic E-state index is 0.0543. The summed E-state index contributed by atoms with van der Waals surface area (Å²) in [6, 6.07) is 0. The third kappa shape index (κ3) is 17.5. The minimum atomic E-state index is -0.397. The van der Waals surface area contributed by atoms with Crippen LogP contribution in [0, 0.1) is 0 Å². The molecule has 0 atom stereocenters. The van der Waals surface area contributed by atoms with Gasteiger partial charge in [0.15, 0.2) is 0 Å². The average molecular weight is 502 g/mol. The third-order valence-electron chi connectivity index (χ3n) is 4.29. The first-order valence-corrected chi connectivity index (χ1v) is 11.4. The van der Waals surface area contributed by atoms with Gasteiger partial charge in [-0.05, 0) is 5.53 Å². The number of carbonyl (C=O) groups is 3. The summed E-state index contributed by atoms with van der Waals surface area (Å²) in [7, 11) is 0. The van der Waals surface area contributed by atoms with Gasteiger partial charge in [0.05, 0.1) is 79.3 Å². The molecular formula is C21H35N5O9. The molecule has 35 heavy (non-hydrogen) atoms. The lowest BCUT2D eigenvalue weighted by molar-refractivity contribution is -0.137. The lowest BCUT2D eigenvalue weighted by Gasteiger charge is -2.13. The van der Waals surface area contributed by atoms with Crippen molar-refractivity contribution in [3.63, 3.8) is 0 Å². The van der Waals surface area contributed by atoms with Crippen molar-refractivity contribution in [3.8, 4) is 0 Å². The number of amides is 3. The summed E-state index contributed by atoms with van der Waals surface area (Å²) in [5, 5.41) is 6.02. The first kappa shape index (κ1) is 30.5. The van der Waals surface area contributed by atoms with Crippen LogP contribution in [-0.2, 0) is 42.8 Å². The fourth-order valence-corrected chi connectivity index (χ4v) is 2.57. The summed E-state index contributed by atoms with van der Waals surface area (Å²) in [5.41, 5.74) is 8.10. The summed E-state index contributed by atoms with van der Waals surface area (Å²) in [5.74, 6) is -1.05. The minimum Gasteiger partial charge on any atom is -0.379 e. The molecule has 0 saturated carbocycles. The van der Waals surface area contributed by atoms with Crippen LogP contribution < -0.4 is 5.32 Å². The summed E-state index contributed by atoms with van der Waals surface area (Å²) in [6.07, 6.45) is 2.43. The molecule has 1 heterocycles. The number of azide groups is 1. The van der Waals surface area contributed by atoms with Crippen molar-refractivity contribution in [2.24, 2.45) is 5.11 Å². The second-order valence-electron chi connectivity index (χ2n) is 6.89. The quantitative estimate of drug-likeness (QED) is 0.0620. The van der Waals surface area contributed by atoms with Gasteiger partial charge in [-0.3, -0.25) is 19.3 Å². The van der Waals surface area contributed by atoms with Crippen LogP contribution in [0.5, 0.6) is 0 Å². The van der Waals surface area contributed by atoms with E-state index in [-0.39, 0.29) is 18.9 Å². The van der Waals surface area contributed by atoms with Crippen LogP contribution in [0.4, 0.5) is 0 Å². The standard InChI is InChI=1S/C21H35N5O9/c22-25-24-5-8-31-10-12-33-14-16-35-18-17-34-15-13-32-11-9-30-7-4-23-19(27)3-6-26-20(28)1-2-21(26)29/h1-2H,3-18H2,(H,23,27). The Labute approximate surface area is 204 Å². The van der Waals surface area contributed by atoms with E-state index in [4.69, 9.17) is 34.0 Å². The number of ether oxygens (including phenoxy) is 6. The second kappa shape index (κ2) is 21.9. The molecule has 1 rings (SSSR count). The van der Waals surface area contributed by atoms with Crippen LogP contribution in [0.2, 0.25) is 0 Å². The van der Waals surface area contributed by atoms with Gasteiger partial charge < -0.3 is 33.7 Å². The number of hydrogen-bond acceptors (Lipinski definition) is 10. The van der Waals surface area contributed by atoms with Gasteiger partial charge in [0.25, 0.3) is 11.8 Å². The highest BCUT2D eigenvalue weighted by Gasteiger charge is 2.23. The zero-order valence-electron chi connectivity index (χ0n) is 19.9. The van der Waals surface area contributed by atoms with Crippen molar-refractivity contribution in [1.29, 1.82) is 0 Å². The topological polar surface area (TPSA) is 171 Å². The van der Waals surface area contributed by atoms with Gasteiger partial charge in [-0.25, -0.2) is 0 Å². The van der Waals surface area contributed by atoms with Crippen LogP contribution in [0.3, 0.4) is 0 Å². The van der Waals surface area contributed by atoms with Crippen molar-refractivity contribution < 1.29 is 42.8 Å². The summed E-state index contributed by atoms with van der Waals surface area (Å²) in [4.78, 5) is 38.1. The molecule has 0 bridgehead atoms. The number of hydrogen-bond donors (Lipinski definition) is 1. The van der Waals surface area contributed by atoms with E-state index >= 15 is 0 Å². The molecule has 0 aromatic rings. The molecule has 0 aliphatic carbocycles. The second-order valence-corrected chi connectivity index (χ2v) is 6.89. The maximum Gasteiger partial charge on any atom is 0.253 e. The molecule has 3 amide bonds. The molecule has 14 nitrogen and oxygen atoms in total. The van der Waals surface area contributed by atoms with Crippen molar-refractivity contribution in [2.75, 3.05) is 98.9 Å². The molecule has 0 aromatic carbocycles. The Morgan fingerprint density at radius 1 is 0.771 bits per heavy atom. The first-order chi connectivity index (χ1) is 17.1. The Balaban J connectivity index is 1.72. The number of rotatable bonds is 24. The zero-order valence-corrected chi connectivity index (χ0v) is 19.9. The molecule has 1 N–H and O–H groups in total. The molecule has 0 radical (unpaired) electrons. The van der Waals surface area contributed by atoms with E-state index in [0.29, 0.717) is 92.4 Å². The molecule has 0 saturated heterocycles. The predicted molar refractivity (Wildman–Crippen MR) is 122 cm³/mol. The Morgan fingerprint density at radius 2 is 1.20 bits per heavy atom. The average Bonchev–Trinajstić information content (AvgIpc) is 3.17. The molecule has 0 unspecified atom stereocenters. The van der Waals surface area contributed by atoms with Crippen LogP contribution in [0.1, 0.15) is 6.42 Å². The normalized spacial score (nSPS) is 12.9. The van der Waals surface area contributed by atoms with Crippen LogP contribution in [-0.4, -0.2) is 122 Å². The van der Waals surface area contributed by atoms with E-state index in [9.17, 15) is 14.4 Å². The molecule has 0 aromatic heterocycles. The fourth-order valence-electron chi connectivity index (χ4n) is 2.57. The number of nitrogens with one attached hydrogen (secondary N) is 1. The maximum atomic E-state index is 11.7. The molecule has 1 aliphatic heterocycles. The SMILES string of the molecule is [N-]=[N+]=NCCOCCOCCOCCOCCOCCOCCNC(=O)CCN1C(=O)C=CC1=O. The summed E-state index contributed by atoms with van der Waals surface area (Å²) in [6.45, 7) is 5.84. The van der Waals surface area contributed by atoms with E-state index in [1.807, 2.05) is 0 Å². The highest BCUT2D eigenvalue weighted by molar-refractivity contribution is 6.13. The Kier molecular flexibility index (Phi) is 19.1. The molecule has 0 spiro atoms. The Bertz CT molecular complexity index is 668. The van der Waals surface area contributed by atoms with Gasteiger partial charge in [-0.15, -0.1) is 0 Å². The predicted octanol–water partition coefficient (Wildman–Crippen LogP) is -0.172. The number of imide groups is 1. The van der Waals surface area contributed by atoms with E-state index < -0.39 is 11.8 Å². The van der Waals surface area contributed by atoms with Gasteiger partial charge in [0.1, 0.15) is 0 Å². The van der Waals surface area contributed by atoms with Crippen LogP contribution in [0.25, 0.3) is 10.4 Å². The van der Waals surface area contributed by atoms with Gasteiger partial charge in [0.2, 0.25) is 5.91 Å². The van der Waals surface area contributed by atoms with E-state index in [1.165, 1.54) is 12.2 Å². The first-order valence-electron chi connectivity index (χ1n) is 11.4. The van der Waals surface area contributed by atoms with Crippen molar-refractivity contribution >= 4 is 17.7 Å². The van der Waals surface area contributed by atoms with Gasteiger partial charge in [-0.1, -0.05) is 5.11 Å². The van der Waals surface area contributed by atoms with Crippen molar-refractivity contribution in [1.82, 2.24) is 10.2 Å². The molecule has 14 heteroatoms. The third-order valence-corrected chi connectivity index (χ3v) is 4.29. The summed E-state index contributed by atoms with van der Waals surface area (Å²) >= 11 is 0. The largest absolute Gasteiger partial charge is 0.379 e. The highest BCUT2D eigenvalue weighted by atomic mass is 16.6. The molecule has 1 aliphatic rings. The molecule has 198 valence electrons. The van der Waals surface area contributed by atoms with Gasteiger partial charge in [0, 0.05) is 43.1 Å². The molecular weight excluding hydrogens is 466 g/mol. The lowest BCUT2D eigenvalue weighted by atomic mass is 10.3. The van der Waals surface area contributed by atoms with Crippen molar-refractivity contribution in [3.05, 3.63) is 22.6 Å². The fraction of sp³-hybridized carbons (Fsp3) is 0.762. The number of nitrogens with zero attached hydrogens (tertiary/aromatic N) is 4. The maximum absolute atomic E-state index is 11.7. The lowest BCUT2D eigenvalue weighted by Crippen LogP contribution is -2.35. The van der Waals surface area contributed by atoms with E-state index in [1.54, 1.807) is 0 Å². The van der Waals surface area contributed by atoms with Crippen molar-refractivity contribution in [2.45, 2.75) is 6.42 Å². The van der Waals surface area contributed by atoms with Gasteiger partial charge in [-0.2, -0.15) is 0 Å². The van der Waals surface area contributed by atoms with Crippen LogP contribution in [0.15, 0.2) is 17.3 Å². The number of carbonyl (C=O) groups excluding carboxylic acids is 3. The highest BCUT2D eigenvalue weighted by Crippen LogP contribution is 2.03. The van der Waals surface area contributed by atoms with E-state index in [2.05, 4.69) is 15.3 Å². The summed E-state index contributed by atoms with van der Waals surface area (Å²) < 4.78 is 32.0. The molecule has 0 fully saturated rings. The zero-order chi connectivity index (χ0) is 25.4. The van der Waals surface area contributed by atoms with Crippen LogP contribution >= 0.6 is 0 Å². The Hall–Kier alpha value is -2.58. The van der Waals surface area contributed by atoms with E-state index in [0.717, 1.165) is 4.90 Å². The monoisotopic (exact) mass is 501 g/mol. The smallest absolute Gasteiger partial charge is 0.253 e. The van der Waals surface area contributed by atoms with Gasteiger partial charge >= 0.3 is 0 Å². The Morgan fingerprint density at radius 3 is 1.66 bits per heavy atom.